The summed E-state index contributed by atoms with van der Waals surface area (Å²) in [5.41, 5.74) is 1.07. The molecule has 1 aromatic carbocycles. The van der Waals surface area contributed by atoms with Gasteiger partial charge in [0.25, 0.3) is 0 Å². The van der Waals surface area contributed by atoms with Crippen molar-refractivity contribution in [2.24, 2.45) is 0 Å². The molecule has 0 saturated carbocycles. The van der Waals surface area contributed by atoms with Crippen molar-refractivity contribution in [1.82, 2.24) is 0 Å². The van der Waals surface area contributed by atoms with Crippen molar-refractivity contribution in [2.75, 3.05) is 10.7 Å². The van der Waals surface area contributed by atoms with Crippen molar-refractivity contribution in [3.8, 4) is 0 Å². The van der Waals surface area contributed by atoms with Gasteiger partial charge in [-0.2, -0.15) is 0 Å². The van der Waals surface area contributed by atoms with E-state index in [9.17, 15) is 0 Å². The third-order valence-electron chi connectivity index (χ3n) is 1.77. The highest BCUT2D eigenvalue weighted by Crippen LogP contribution is 2.26. The van der Waals surface area contributed by atoms with Crippen LogP contribution in [0, 0.1) is 0 Å². The first-order valence-corrected chi connectivity index (χ1v) is 5.64. The summed E-state index contributed by atoms with van der Waals surface area (Å²) in [4.78, 5) is 2.86. The van der Waals surface area contributed by atoms with Crippen molar-refractivity contribution >= 4 is 51.2 Å². The molecule has 0 aliphatic carbocycles. The maximum atomic E-state index is 5.22. The van der Waals surface area contributed by atoms with E-state index in [0.29, 0.717) is 0 Å². The minimum atomic E-state index is 0.836. The molecule has 13 heavy (non-hydrogen) atoms. The minimum Gasteiger partial charge on any atom is -0.289 e. The highest BCUT2D eigenvalue weighted by molar-refractivity contribution is 8.25. The van der Waals surface area contributed by atoms with Crippen LogP contribution in [-0.2, 0) is 0 Å². The first kappa shape index (κ1) is 9.12. The first-order valence-electron chi connectivity index (χ1n) is 3.84. The quantitative estimate of drug-likeness (QED) is 0.676. The zero-order valence-corrected chi connectivity index (χ0v) is 9.22. The van der Waals surface area contributed by atoms with Gasteiger partial charge in [-0.1, -0.05) is 54.4 Å². The Bertz CT molecular complexity index is 331. The van der Waals surface area contributed by atoms with Crippen molar-refractivity contribution in [3.05, 3.63) is 30.3 Å². The molecule has 0 amide bonds. The molecule has 0 radical (unpaired) electrons. The molecule has 0 N–H and O–H groups in total. The molecular formula is C9H7NS3. The van der Waals surface area contributed by atoms with Crippen molar-refractivity contribution < 1.29 is 0 Å². The molecule has 0 aromatic heterocycles. The summed E-state index contributed by atoms with van der Waals surface area (Å²) in [6.07, 6.45) is 0. The average Bonchev–Trinajstić information content (AvgIpc) is 2.48. The van der Waals surface area contributed by atoms with E-state index in [2.05, 4.69) is 0 Å². The molecule has 1 saturated heterocycles. The smallest absolute Gasteiger partial charge is 0.146 e. The lowest BCUT2D eigenvalue weighted by atomic mass is 10.3. The van der Waals surface area contributed by atoms with Crippen LogP contribution in [0.2, 0.25) is 0 Å². The van der Waals surface area contributed by atoms with E-state index >= 15 is 0 Å². The molecule has 66 valence electrons. The number of benzene rings is 1. The molecule has 4 heteroatoms. The fraction of sp³-hybridized carbons (Fsp3) is 0.111. The fourth-order valence-corrected chi connectivity index (χ4v) is 2.78. The summed E-state index contributed by atoms with van der Waals surface area (Å²) >= 11 is 12.0. The van der Waals surface area contributed by atoms with E-state index in [4.69, 9.17) is 24.4 Å². The highest BCUT2D eigenvalue weighted by Gasteiger charge is 2.24. The van der Waals surface area contributed by atoms with Gasteiger partial charge in [-0.05, 0) is 12.1 Å². The third kappa shape index (κ3) is 1.75. The van der Waals surface area contributed by atoms with Crippen LogP contribution >= 0.6 is 36.2 Å². The molecule has 1 nitrogen and oxygen atoms in total. The Kier molecular flexibility index (Phi) is 2.62. The Labute approximate surface area is 92.1 Å². The second-order valence-electron chi connectivity index (χ2n) is 2.62. The number of anilines is 1. The maximum Gasteiger partial charge on any atom is 0.146 e. The number of nitrogens with zero attached hydrogens (tertiary/aromatic N) is 1. The number of rotatable bonds is 1. The molecule has 1 heterocycles. The first-order chi connectivity index (χ1) is 6.29. The molecule has 0 spiro atoms. The van der Waals surface area contributed by atoms with Gasteiger partial charge in [0.15, 0.2) is 0 Å². The third-order valence-corrected chi connectivity index (χ3v) is 3.66. The van der Waals surface area contributed by atoms with E-state index in [0.717, 1.165) is 20.7 Å². The zero-order valence-electron chi connectivity index (χ0n) is 6.77. The van der Waals surface area contributed by atoms with Gasteiger partial charge in [0.2, 0.25) is 0 Å². The molecule has 0 bridgehead atoms. The number of para-hydroxylation sites is 1. The summed E-state index contributed by atoms with van der Waals surface area (Å²) in [7, 11) is 0. The number of thioether (sulfide) groups is 1. The fourth-order valence-electron chi connectivity index (χ4n) is 1.18. The van der Waals surface area contributed by atoms with Crippen LogP contribution in [0.15, 0.2) is 30.3 Å². The van der Waals surface area contributed by atoms with Gasteiger partial charge in [0.05, 0.1) is 10.7 Å². The SMILES string of the molecule is S=C1CSC(=S)N1c1ccccc1. The van der Waals surface area contributed by atoms with Gasteiger partial charge in [-0.15, -0.1) is 0 Å². The lowest BCUT2D eigenvalue weighted by Crippen LogP contribution is -2.26. The monoisotopic (exact) mass is 225 g/mol. The van der Waals surface area contributed by atoms with Crippen LogP contribution in [0.1, 0.15) is 0 Å². The van der Waals surface area contributed by atoms with Gasteiger partial charge >= 0.3 is 0 Å². The number of thiocarbonyl (C=S) groups is 2. The van der Waals surface area contributed by atoms with Crippen LogP contribution in [0.3, 0.4) is 0 Å². The van der Waals surface area contributed by atoms with Crippen molar-refractivity contribution in [3.63, 3.8) is 0 Å². The normalized spacial score (nSPS) is 16.8. The van der Waals surface area contributed by atoms with Gasteiger partial charge in [0.1, 0.15) is 4.32 Å². The van der Waals surface area contributed by atoms with E-state index in [1.165, 1.54) is 0 Å². The summed E-state index contributed by atoms with van der Waals surface area (Å²) < 4.78 is 0.858. The predicted molar refractivity (Wildman–Crippen MR) is 66.6 cm³/mol. The highest BCUT2D eigenvalue weighted by atomic mass is 32.2. The molecular weight excluding hydrogens is 218 g/mol. The Morgan fingerprint density at radius 2 is 1.85 bits per heavy atom. The van der Waals surface area contributed by atoms with Crippen LogP contribution in [0.4, 0.5) is 5.69 Å². The predicted octanol–water partition coefficient (Wildman–Crippen LogP) is 2.85. The topological polar surface area (TPSA) is 3.24 Å². The van der Waals surface area contributed by atoms with Gasteiger partial charge in [-0.25, -0.2) is 0 Å². The molecule has 1 aliphatic heterocycles. The Morgan fingerprint density at radius 1 is 1.15 bits per heavy atom. The van der Waals surface area contributed by atoms with Crippen molar-refractivity contribution in [1.29, 1.82) is 0 Å². The Hall–Kier alpha value is -0.450. The van der Waals surface area contributed by atoms with Gasteiger partial charge < -0.3 is 0 Å². The van der Waals surface area contributed by atoms with Gasteiger partial charge in [0, 0.05) is 5.69 Å². The molecule has 1 fully saturated rings. The standard InChI is InChI=1S/C9H7NS3/c11-8-6-13-9(12)10(8)7-4-2-1-3-5-7/h1-5H,6H2. The van der Waals surface area contributed by atoms with Crippen LogP contribution < -0.4 is 4.90 Å². The lowest BCUT2D eigenvalue weighted by Gasteiger charge is -2.16. The summed E-state index contributed by atoms with van der Waals surface area (Å²) in [5, 5.41) is 0. The largest absolute Gasteiger partial charge is 0.289 e. The Balaban J connectivity index is 2.36. The van der Waals surface area contributed by atoms with Crippen LogP contribution in [0.5, 0.6) is 0 Å². The Morgan fingerprint density at radius 3 is 2.38 bits per heavy atom. The maximum absolute atomic E-state index is 5.22. The average molecular weight is 225 g/mol. The summed E-state index contributed by atoms with van der Waals surface area (Å²) in [6.45, 7) is 0. The molecule has 0 unspecified atom stereocenters. The van der Waals surface area contributed by atoms with E-state index in [-0.39, 0.29) is 0 Å². The second-order valence-corrected chi connectivity index (χ2v) is 4.70. The summed E-state index contributed by atoms with van der Waals surface area (Å²) in [6, 6.07) is 10.0. The summed E-state index contributed by atoms with van der Waals surface area (Å²) in [5.74, 6) is 0.836. The number of hydrogen-bond donors (Lipinski definition) is 0. The molecule has 1 aliphatic rings. The van der Waals surface area contributed by atoms with E-state index < -0.39 is 0 Å². The number of hydrogen-bond acceptors (Lipinski definition) is 3. The van der Waals surface area contributed by atoms with Crippen molar-refractivity contribution in [2.45, 2.75) is 0 Å². The van der Waals surface area contributed by atoms with Crippen LogP contribution in [0.25, 0.3) is 0 Å². The lowest BCUT2D eigenvalue weighted by molar-refractivity contribution is 1.49. The zero-order chi connectivity index (χ0) is 9.26. The molecule has 0 atom stereocenters. The van der Waals surface area contributed by atoms with Gasteiger partial charge in [-0.3, -0.25) is 4.90 Å². The van der Waals surface area contributed by atoms with Crippen LogP contribution in [-0.4, -0.2) is 15.1 Å². The molecule has 2 rings (SSSR count). The molecule has 1 aromatic rings. The van der Waals surface area contributed by atoms with E-state index in [1.807, 2.05) is 35.2 Å². The minimum absolute atomic E-state index is 0.836. The van der Waals surface area contributed by atoms with E-state index in [1.54, 1.807) is 11.8 Å². The second kappa shape index (κ2) is 3.74.